The van der Waals surface area contributed by atoms with Gasteiger partial charge in [-0.15, -0.1) is 0 Å². The molecule has 28 heavy (non-hydrogen) atoms. The highest BCUT2D eigenvalue weighted by molar-refractivity contribution is 5.99. The Balaban J connectivity index is 2.12. The number of nitrogens with zero attached hydrogens (tertiary/aromatic N) is 2. The van der Waals surface area contributed by atoms with E-state index in [2.05, 4.69) is 33.8 Å². The third-order valence-corrected chi connectivity index (χ3v) is 3.56. The van der Waals surface area contributed by atoms with Crippen molar-refractivity contribution in [1.29, 1.82) is 0 Å². The van der Waals surface area contributed by atoms with Crippen LogP contribution in [0, 0.1) is 0 Å². The molecule has 0 aliphatic carbocycles. The van der Waals surface area contributed by atoms with Gasteiger partial charge < -0.3 is 15.2 Å². The smallest absolute Gasteiger partial charge is 0.324 e. The van der Waals surface area contributed by atoms with E-state index in [9.17, 15) is 9.59 Å². The minimum absolute atomic E-state index is 0.131. The molecule has 0 aliphatic heterocycles. The molecule has 1 aromatic heterocycles. The van der Waals surface area contributed by atoms with E-state index >= 15 is 0 Å². The summed E-state index contributed by atoms with van der Waals surface area (Å²) in [6.45, 7) is 7.46. The second kappa shape index (κ2) is 9.67. The fraction of sp³-hybridized carbons (Fsp3) is 0.100. The van der Waals surface area contributed by atoms with Gasteiger partial charge in [0, 0.05) is 17.3 Å². The number of ether oxygens (including phenoxy) is 1. The van der Waals surface area contributed by atoms with Crippen LogP contribution in [0.1, 0.15) is 11.3 Å². The van der Waals surface area contributed by atoms with Crippen LogP contribution in [-0.2, 0) is 16.0 Å². The summed E-state index contributed by atoms with van der Waals surface area (Å²) < 4.78 is 5.15. The van der Waals surface area contributed by atoms with Gasteiger partial charge in [-0.05, 0) is 23.8 Å². The van der Waals surface area contributed by atoms with Gasteiger partial charge in [0.15, 0.2) is 0 Å². The molecule has 3 N–H and O–H groups in total. The fourth-order valence-corrected chi connectivity index (χ4v) is 2.33. The van der Waals surface area contributed by atoms with E-state index in [0.717, 1.165) is 0 Å². The number of carbonyl (C=O) groups is 2. The van der Waals surface area contributed by atoms with Crippen molar-refractivity contribution in [3.8, 4) is 0 Å². The van der Waals surface area contributed by atoms with Gasteiger partial charge in [0.2, 0.25) is 0 Å². The maximum atomic E-state index is 12.2. The topological polar surface area (TPSA) is 113 Å². The Hall–Kier alpha value is -3.94. The highest BCUT2D eigenvalue weighted by Crippen LogP contribution is 2.22. The second-order valence-electron chi connectivity index (χ2n) is 5.58. The van der Waals surface area contributed by atoms with Gasteiger partial charge in [0.25, 0.3) is 0 Å². The molecule has 2 rings (SSSR count). The highest BCUT2D eigenvalue weighted by Gasteiger charge is 2.11. The number of anilines is 2. The van der Waals surface area contributed by atoms with Crippen LogP contribution < -0.4 is 10.6 Å². The van der Waals surface area contributed by atoms with Crippen molar-refractivity contribution >= 4 is 29.1 Å². The molecule has 0 saturated carbocycles. The van der Waals surface area contributed by atoms with Crippen molar-refractivity contribution in [1.82, 2.24) is 9.97 Å². The lowest BCUT2D eigenvalue weighted by Gasteiger charge is -2.11. The number of aromatic nitrogens is 2. The Labute approximate surface area is 162 Å². The van der Waals surface area contributed by atoms with Crippen molar-refractivity contribution in [3.63, 3.8) is 0 Å². The van der Waals surface area contributed by atoms with E-state index in [0.29, 0.717) is 28.3 Å². The number of rotatable bonds is 8. The zero-order chi connectivity index (χ0) is 20.5. The number of carboxylic acids is 1. The average molecular weight is 380 g/mol. The van der Waals surface area contributed by atoms with E-state index in [1.54, 1.807) is 42.5 Å². The number of aliphatic carboxylic acids is 1. The molecule has 0 radical (unpaired) electrons. The molecule has 0 spiro atoms. The third-order valence-electron chi connectivity index (χ3n) is 3.56. The number of methoxy groups -OCH3 is 1. The number of urea groups is 1. The number of benzene rings is 1. The normalized spacial score (nSPS) is 10.7. The van der Waals surface area contributed by atoms with E-state index < -0.39 is 12.0 Å². The van der Waals surface area contributed by atoms with Crippen LogP contribution in [0.4, 0.5) is 16.3 Å². The zero-order valence-corrected chi connectivity index (χ0v) is 15.3. The number of carbonyl (C=O) groups excluding carboxylic acids is 1. The largest absolute Gasteiger partial charge is 0.497 e. The van der Waals surface area contributed by atoms with Gasteiger partial charge in [-0.25, -0.2) is 14.8 Å². The molecule has 8 nitrogen and oxygen atoms in total. The Morgan fingerprint density at radius 1 is 1.25 bits per heavy atom. The minimum Gasteiger partial charge on any atom is -0.497 e. The molecule has 1 heterocycles. The van der Waals surface area contributed by atoms with Crippen molar-refractivity contribution in [2.45, 2.75) is 6.42 Å². The van der Waals surface area contributed by atoms with E-state index in [1.165, 1.54) is 13.4 Å². The number of hydrogen-bond donors (Lipinski definition) is 3. The number of allylic oxidation sites excluding steroid dienone is 3. The zero-order valence-electron chi connectivity index (χ0n) is 15.3. The molecule has 144 valence electrons. The van der Waals surface area contributed by atoms with Gasteiger partial charge in [-0.2, -0.15) is 0 Å². The average Bonchev–Trinajstić information content (AvgIpc) is 2.65. The van der Waals surface area contributed by atoms with Crippen LogP contribution in [0.5, 0.6) is 0 Å². The fourth-order valence-electron chi connectivity index (χ4n) is 2.33. The predicted octanol–water partition coefficient (Wildman–Crippen LogP) is 3.48. The molecule has 1 aromatic carbocycles. The van der Waals surface area contributed by atoms with Crippen LogP contribution in [0.15, 0.2) is 67.7 Å². The maximum absolute atomic E-state index is 12.2. The van der Waals surface area contributed by atoms with Crippen LogP contribution in [0.3, 0.4) is 0 Å². The van der Waals surface area contributed by atoms with Crippen molar-refractivity contribution < 1.29 is 19.4 Å². The first-order valence-corrected chi connectivity index (χ1v) is 8.20. The van der Waals surface area contributed by atoms with Gasteiger partial charge in [0.1, 0.15) is 17.9 Å². The van der Waals surface area contributed by atoms with Crippen LogP contribution in [0.25, 0.3) is 5.57 Å². The van der Waals surface area contributed by atoms with Crippen molar-refractivity contribution in [3.05, 3.63) is 79.0 Å². The molecule has 2 aromatic rings. The summed E-state index contributed by atoms with van der Waals surface area (Å²) in [6.07, 6.45) is 4.43. The lowest BCUT2D eigenvalue weighted by Crippen LogP contribution is -2.20. The van der Waals surface area contributed by atoms with E-state index in [4.69, 9.17) is 9.84 Å². The number of hydrogen-bond acceptors (Lipinski definition) is 5. The molecule has 0 fully saturated rings. The molecule has 0 atom stereocenters. The summed E-state index contributed by atoms with van der Waals surface area (Å²) in [6, 6.07) is 7.62. The lowest BCUT2D eigenvalue weighted by molar-refractivity contribution is -0.136. The first-order chi connectivity index (χ1) is 13.4. The van der Waals surface area contributed by atoms with Gasteiger partial charge in [-0.1, -0.05) is 31.4 Å². The lowest BCUT2D eigenvalue weighted by atomic mass is 10.1. The van der Waals surface area contributed by atoms with Crippen LogP contribution in [0.2, 0.25) is 0 Å². The van der Waals surface area contributed by atoms with Crippen LogP contribution in [-0.4, -0.2) is 34.2 Å². The SMILES string of the molecule is C=C/C=C(\C(=C)OC)c1cc(NC(=O)Nc2cccc(CC(=O)O)c2)ncn1. The first kappa shape index (κ1) is 20.4. The Kier molecular flexibility index (Phi) is 7.04. The standard InChI is InChI=1S/C20H20N4O4/c1-4-6-16(13(2)28-3)17-11-18(22-12-21-17)24-20(27)23-15-8-5-7-14(9-15)10-19(25)26/h4-9,11-12H,1-2,10H2,3H3,(H,25,26)(H2,21,22,23,24,27)/b16-6+. The second-order valence-corrected chi connectivity index (χ2v) is 5.58. The molecule has 0 aliphatic rings. The van der Waals surface area contributed by atoms with E-state index in [-0.39, 0.29) is 12.2 Å². The number of amides is 2. The van der Waals surface area contributed by atoms with Gasteiger partial charge in [-0.3, -0.25) is 10.1 Å². The van der Waals surface area contributed by atoms with Crippen molar-refractivity contribution in [2.75, 3.05) is 17.7 Å². The predicted molar refractivity (Wildman–Crippen MR) is 107 cm³/mol. The minimum atomic E-state index is -0.948. The van der Waals surface area contributed by atoms with Gasteiger partial charge >= 0.3 is 12.0 Å². The Bertz CT molecular complexity index is 937. The summed E-state index contributed by atoms with van der Waals surface area (Å²) in [4.78, 5) is 31.2. The summed E-state index contributed by atoms with van der Waals surface area (Å²) in [5.41, 5.74) is 2.14. The molecular weight excluding hydrogens is 360 g/mol. The number of carboxylic acid groups (broad SMARTS) is 1. The molecule has 0 saturated heterocycles. The summed E-state index contributed by atoms with van der Waals surface area (Å²) >= 11 is 0. The quantitative estimate of drug-likeness (QED) is 0.477. The third kappa shape index (κ3) is 5.80. The summed E-state index contributed by atoms with van der Waals surface area (Å²) in [5, 5.41) is 14.1. The first-order valence-electron chi connectivity index (χ1n) is 8.20. The molecule has 8 heteroatoms. The van der Waals surface area contributed by atoms with Crippen LogP contribution >= 0.6 is 0 Å². The van der Waals surface area contributed by atoms with Gasteiger partial charge in [0.05, 0.1) is 19.2 Å². The maximum Gasteiger partial charge on any atom is 0.324 e. The van der Waals surface area contributed by atoms with Crippen molar-refractivity contribution in [2.24, 2.45) is 0 Å². The summed E-state index contributed by atoms with van der Waals surface area (Å²) in [7, 11) is 1.49. The molecule has 2 amide bonds. The summed E-state index contributed by atoms with van der Waals surface area (Å²) in [5.74, 6) is -0.288. The number of nitrogens with one attached hydrogen (secondary N) is 2. The molecule has 0 bridgehead atoms. The molecule has 0 unspecified atom stereocenters. The van der Waals surface area contributed by atoms with E-state index in [1.807, 2.05) is 0 Å². The molecular formula is C20H20N4O4. The Morgan fingerprint density at radius 3 is 2.71 bits per heavy atom. The monoisotopic (exact) mass is 380 g/mol. The Morgan fingerprint density at radius 2 is 2.04 bits per heavy atom. The highest BCUT2D eigenvalue weighted by atomic mass is 16.5.